The summed E-state index contributed by atoms with van der Waals surface area (Å²) < 4.78 is 0. The Morgan fingerprint density at radius 1 is 1.73 bits per heavy atom. The van der Waals surface area contributed by atoms with Crippen molar-refractivity contribution >= 4 is 18.3 Å². The zero-order chi connectivity index (χ0) is 7.98. The van der Waals surface area contributed by atoms with E-state index in [9.17, 15) is 4.79 Å². The monoisotopic (exact) mass is 182 g/mol. The number of amides is 1. The molecule has 5 heteroatoms. The minimum Gasteiger partial charge on any atom is -0.396 e. The number of carbonyl (C=O) groups excluding carboxylic acids is 1. The molecule has 4 N–H and O–H groups in total. The van der Waals surface area contributed by atoms with Gasteiger partial charge in [0.2, 0.25) is 5.91 Å². The quantitative estimate of drug-likeness (QED) is 0.501. The lowest BCUT2D eigenvalue weighted by molar-refractivity contribution is -0.121. The van der Waals surface area contributed by atoms with Crippen molar-refractivity contribution in [1.82, 2.24) is 5.32 Å². The van der Waals surface area contributed by atoms with Crippen LogP contribution in [0, 0.1) is 0 Å². The summed E-state index contributed by atoms with van der Waals surface area (Å²) in [6, 6.07) is -0.460. The topological polar surface area (TPSA) is 75.4 Å². The maximum absolute atomic E-state index is 10.7. The summed E-state index contributed by atoms with van der Waals surface area (Å²) in [6.45, 7) is 2.21. The molecule has 0 unspecified atom stereocenters. The molecule has 0 saturated carbocycles. The van der Waals surface area contributed by atoms with Gasteiger partial charge >= 0.3 is 0 Å². The standard InChI is InChI=1S/C6H14N2O2.ClH/c1-5(7)6(10)8-3-2-4-9;/h5,9H,2-4,7H2,1H3,(H,8,10);1H/t5-;/m1./s1. The van der Waals surface area contributed by atoms with E-state index >= 15 is 0 Å². The van der Waals surface area contributed by atoms with E-state index in [1.807, 2.05) is 0 Å². The molecule has 11 heavy (non-hydrogen) atoms. The van der Waals surface area contributed by atoms with Gasteiger partial charge in [-0.2, -0.15) is 0 Å². The van der Waals surface area contributed by atoms with Gasteiger partial charge in [0, 0.05) is 13.2 Å². The average molecular weight is 183 g/mol. The maximum Gasteiger partial charge on any atom is 0.236 e. The van der Waals surface area contributed by atoms with Crippen LogP contribution in [-0.4, -0.2) is 30.2 Å². The first-order valence-corrected chi connectivity index (χ1v) is 3.32. The largest absolute Gasteiger partial charge is 0.396 e. The van der Waals surface area contributed by atoms with Crippen molar-refractivity contribution in [1.29, 1.82) is 0 Å². The number of halogens is 1. The van der Waals surface area contributed by atoms with E-state index in [2.05, 4.69) is 5.32 Å². The summed E-state index contributed by atoms with van der Waals surface area (Å²) in [5.41, 5.74) is 5.24. The Bertz CT molecular complexity index is 109. The second-order valence-electron chi connectivity index (χ2n) is 2.16. The fraction of sp³-hybridized carbons (Fsp3) is 0.833. The fourth-order valence-electron chi connectivity index (χ4n) is 0.452. The van der Waals surface area contributed by atoms with Crippen LogP contribution in [0.5, 0.6) is 0 Å². The van der Waals surface area contributed by atoms with Gasteiger partial charge in [0.05, 0.1) is 6.04 Å². The highest BCUT2D eigenvalue weighted by atomic mass is 35.5. The Labute approximate surface area is 72.6 Å². The molecular formula is C6H15ClN2O2. The van der Waals surface area contributed by atoms with Gasteiger partial charge in [-0.15, -0.1) is 12.4 Å². The van der Waals surface area contributed by atoms with Gasteiger partial charge in [-0.25, -0.2) is 0 Å². The Hall–Kier alpha value is -0.320. The number of aliphatic hydroxyl groups excluding tert-OH is 1. The van der Waals surface area contributed by atoms with Crippen LogP contribution < -0.4 is 11.1 Å². The molecule has 0 aromatic rings. The van der Waals surface area contributed by atoms with Crippen LogP contribution in [0.15, 0.2) is 0 Å². The Morgan fingerprint density at radius 3 is 2.64 bits per heavy atom. The average Bonchev–Trinajstić information content (AvgIpc) is 1.88. The van der Waals surface area contributed by atoms with E-state index in [1.165, 1.54) is 0 Å². The molecular weight excluding hydrogens is 168 g/mol. The highest BCUT2D eigenvalue weighted by Crippen LogP contribution is 1.76. The van der Waals surface area contributed by atoms with Crippen molar-refractivity contribution in [2.45, 2.75) is 19.4 Å². The molecule has 0 rings (SSSR count). The number of aliphatic hydroxyl groups is 1. The molecule has 0 saturated heterocycles. The molecule has 0 aliphatic carbocycles. The summed E-state index contributed by atoms with van der Waals surface area (Å²) in [5.74, 6) is -0.173. The molecule has 1 atom stereocenters. The molecule has 0 aromatic carbocycles. The molecule has 0 heterocycles. The van der Waals surface area contributed by atoms with Crippen LogP contribution in [0.4, 0.5) is 0 Å². The molecule has 0 aliphatic rings. The number of nitrogens with two attached hydrogens (primary N) is 1. The van der Waals surface area contributed by atoms with Gasteiger partial charge < -0.3 is 16.2 Å². The van der Waals surface area contributed by atoms with Crippen molar-refractivity contribution in [2.75, 3.05) is 13.2 Å². The maximum atomic E-state index is 10.7. The highest BCUT2D eigenvalue weighted by Gasteiger charge is 2.04. The zero-order valence-electron chi connectivity index (χ0n) is 6.54. The van der Waals surface area contributed by atoms with E-state index < -0.39 is 6.04 Å². The van der Waals surface area contributed by atoms with Crippen LogP contribution in [0.3, 0.4) is 0 Å². The van der Waals surface area contributed by atoms with Crippen molar-refractivity contribution in [3.63, 3.8) is 0 Å². The third kappa shape index (κ3) is 7.58. The minimum absolute atomic E-state index is 0. The minimum atomic E-state index is -0.460. The first-order chi connectivity index (χ1) is 4.68. The summed E-state index contributed by atoms with van der Waals surface area (Å²) in [4.78, 5) is 10.7. The SMILES string of the molecule is C[C@@H](N)C(=O)NCCCO.Cl. The van der Waals surface area contributed by atoms with Crippen molar-refractivity contribution in [2.24, 2.45) is 5.73 Å². The van der Waals surface area contributed by atoms with Crippen LogP contribution in [-0.2, 0) is 4.79 Å². The lowest BCUT2D eigenvalue weighted by atomic mass is 10.3. The van der Waals surface area contributed by atoms with Crippen LogP contribution >= 0.6 is 12.4 Å². The molecule has 0 fully saturated rings. The van der Waals surface area contributed by atoms with Crippen LogP contribution in [0.2, 0.25) is 0 Å². The summed E-state index contributed by atoms with van der Waals surface area (Å²) in [6.07, 6.45) is 0.582. The van der Waals surface area contributed by atoms with E-state index in [1.54, 1.807) is 6.92 Å². The van der Waals surface area contributed by atoms with Gasteiger partial charge in [-0.05, 0) is 13.3 Å². The normalized spacial score (nSPS) is 11.5. The predicted octanol–water partition coefficient (Wildman–Crippen LogP) is -0.746. The molecule has 4 nitrogen and oxygen atoms in total. The van der Waals surface area contributed by atoms with Gasteiger partial charge in [-0.3, -0.25) is 4.79 Å². The molecule has 68 valence electrons. The van der Waals surface area contributed by atoms with Crippen molar-refractivity contribution in [3.8, 4) is 0 Å². The number of hydrogen-bond acceptors (Lipinski definition) is 3. The molecule has 1 amide bonds. The molecule has 0 radical (unpaired) electrons. The van der Waals surface area contributed by atoms with Gasteiger partial charge in [0.25, 0.3) is 0 Å². The predicted molar refractivity (Wildman–Crippen MR) is 45.6 cm³/mol. The van der Waals surface area contributed by atoms with E-state index in [0.717, 1.165) is 0 Å². The van der Waals surface area contributed by atoms with Gasteiger partial charge in [0.1, 0.15) is 0 Å². The number of nitrogens with one attached hydrogen (secondary N) is 1. The van der Waals surface area contributed by atoms with Crippen LogP contribution in [0.1, 0.15) is 13.3 Å². The van der Waals surface area contributed by atoms with Gasteiger partial charge in [-0.1, -0.05) is 0 Å². The van der Waals surface area contributed by atoms with Crippen LogP contribution in [0.25, 0.3) is 0 Å². The Kier molecular flexibility index (Phi) is 9.40. The second kappa shape index (κ2) is 7.78. The smallest absolute Gasteiger partial charge is 0.236 e. The van der Waals surface area contributed by atoms with Gasteiger partial charge in [0.15, 0.2) is 0 Å². The molecule has 0 bridgehead atoms. The highest BCUT2D eigenvalue weighted by molar-refractivity contribution is 5.85. The van der Waals surface area contributed by atoms with E-state index in [4.69, 9.17) is 10.8 Å². The van der Waals surface area contributed by atoms with Crippen molar-refractivity contribution in [3.05, 3.63) is 0 Å². The first-order valence-electron chi connectivity index (χ1n) is 3.32. The lowest BCUT2D eigenvalue weighted by Gasteiger charge is -2.05. The summed E-state index contributed by atoms with van der Waals surface area (Å²) in [5, 5.41) is 10.9. The first kappa shape index (κ1) is 13.3. The molecule has 0 aliphatic heterocycles. The number of rotatable bonds is 4. The third-order valence-corrected chi connectivity index (χ3v) is 1.05. The Balaban J connectivity index is 0. The number of hydrogen-bond donors (Lipinski definition) is 3. The molecule has 0 spiro atoms. The van der Waals surface area contributed by atoms with Crippen molar-refractivity contribution < 1.29 is 9.90 Å². The second-order valence-corrected chi connectivity index (χ2v) is 2.16. The molecule has 0 aromatic heterocycles. The van der Waals surface area contributed by atoms with E-state index in [-0.39, 0.29) is 24.9 Å². The lowest BCUT2D eigenvalue weighted by Crippen LogP contribution is -2.38. The number of carbonyl (C=O) groups is 1. The summed E-state index contributed by atoms with van der Waals surface area (Å²) >= 11 is 0. The third-order valence-electron chi connectivity index (χ3n) is 1.05. The van der Waals surface area contributed by atoms with E-state index in [0.29, 0.717) is 13.0 Å². The fourth-order valence-corrected chi connectivity index (χ4v) is 0.452. The summed E-state index contributed by atoms with van der Waals surface area (Å²) in [7, 11) is 0. The Morgan fingerprint density at radius 2 is 2.27 bits per heavy atom. The zero-order valence-corrected chi connectivity index (χ0v) is 7.36.